The van der Waals surface area contributed by atoms with Crippen molar-refractivity contribution in [1.82, 2.24) is 19.9 Å². The number of aromatic nitrogens is 3. The molecule has 2 aromatic heterocycles. The molecule has 1 aliphatic heterocycles. The Kier molecular flexibility index (Phi) is 2.42. The molecule has 1 atom stereocenters. The first kappa shape index (κ1) is 11.4. The van der Waals surface area contributed by atoms with Gasteiger partial charge in [0.05, 0.1) is 5.54 Å². The van der Waals surface area contributed by atoms with Crippen molar-refractivity contribution >= 4 is 11.2 Å². The highest BCUT2D eigenvalue weighted by molar-refractivity contribution is 5.72. The molecule has 0 radical (unpaired) electrons. The van der Waals surface area contributed by atoms with Crippen molar-refractivity contribution in [3.8, 4) is 0 Å². The van der Waals surface area contributed by atoms with Crippen molar-refractivity contribution in [2.24, 2.45) is 0 Å². The number of fused-ring (bicyclic) bond motifs is 1. The van der Waals surface area contributed by atoms with Crippen LogP contribution >= 0.6 is 0 Å². The van der Waals surface area contributed by atoms with Gasteiger partial charge >= 0.3 is 0 Å². The van der Waals surface area contributed by atoms with Gasteiger partial charge in [-0.15, -0.1) is 0 Å². The standard InChI is InChI=1S/C15H20N4/c1-15(8-2-3-10-17-15)14-18-12-5-4-9-16-13(12)19(14)11-6-7-11/h4-5,9,11,17H,2-3,6-8,10H2,1H3. The molecule has 0 amide bonds. The van der Waals surface area contributed by atoms with Crippen molar-refractivity contribution in [1.29, 1.82) is 0 Å². The fourth-order valence-corrected chi connectivity index (χ4v) is 3.24. The molecule has 100 valence electrons. The number of hydrogen-bond donors (Lipinski definition) is 1. The van der Waals surface area contributed by atoms with E-state index in [-0.39, 0.29) is 5.54 Å². The summed E-state index contributed by atoms with van der Waals surface area (Å²) in [5, 5.41) is 3.68. The lowest BCUT2D eigenvalue weighted by atomic mass is 9.90. The lowest BCUT2D eigenvalue weighted by Crippen LogP contribution is -2.45. The van der Waals surface area contributed by atoms with Crippen molar-refractivity contribution in [2.45, 2.75) is 50.6 Å². The van der Waals surface area contributed by atoms with Gasteiger partial charge in [0.1, 0.15) is 11.3 Å². The number of imidazole rings is 1. The van der Waals surface area contributed by atoms with E-state index in [1.807, 2.05) is 12.3 Å². The zero-order chi connectivity index (χ0) is 12.9. The Labute approximate surface area is 113 Å². The summed E-state index contributed by atoms with van der Waals surface area (Å²) in [5.41, 5.74) is 2.12. The van der Waals surface area contributed by atoms with E-state index in [1.54, 1.807) is 0 Å². The number of pyridine rings is 1. The van der Waals surface area contributed by atoms with E-state index in [0.29, 0.717) is 6.04 Å². The van der Waals surface area contributed by atoms with Crippen LogP contribution in [0.15, 0.2) is 18.3 Å². The van der Waals surface area contributed by atoms with Crippen LogP contribution in [0.4, 0.5) is 0 Å². The van der Waals surface area contributed by atoms with E-state index in [0.717, 1.165) is 17.7 Å². The molecule has 2 fully saturated rings. The summed E-state index contributed by atoms with van der Waals surface area (Å²) >= 11 is 0. The number of rotatable bonds is 2. The topological polar surface area (TPSA) is 42.7 Å². The van der Waals surface area contributed by atoms with Gasteiger partial charge in [-0.2, -0.15) is 0 Å². The first-order chi connectivity index (χ1) is 9.28. The van der Waals surface area contributed by atoms with E-state index >= 15 is 0 Å². The predicted octanol–water partition coefficient (Wildman–Crippen LogP) is 2.75. The Morgan fingerprint density at radius 1 is 1.37 bits per heavy atom. The molecule has 3 heterocycles. The average Bonchev–Trinajstić information content (AvgIpc) is 3.19. The molecule has 0 bridgehead atoms. The van der Waals surface area contributed by atoms with E-state index < -0.39 is 0 Å². The van der Waals surface area contributed by atoms with Crippen molar-refractivity contribution in [3.05, 3.63) is 24.2 Å². The SMILES string of the molecule is CC1(c2nc3cccnc3n2C2CC2)CCCCN1. The average molecular weight is 256 g/mol. The normalized spacial score (nSPS) is 27.8. The molecule has 0 aromatic carbocycles. The molecule has 19 heavy (non-hydrogen) atoms. The van der Waals surface area contributed by atoms with Gasteiger partial charge in [0, 0.05) is 12.2 Å². The van der Waals surface area contributed by atoms with Gasteiger partial charge in [-0.1, -0.05) is 0 Å². The summed E-state index contributed by atoms with van der Waals surface area (Å²) in [5.74, 6) is 1.20. The first-order valence-electron chi connectivity index (χ1n) is 7.36. The summed E-state index contributed by atoms with van der Waals surface area (Å²) in [6.45, 7) is 3.39. The molecule has 4 nitrogen and oxygen atoms in total. The number of nitrogens with one attached hydrogen (secondary N) is 1. The van der Waals surface area contributed by atoms with Crippen molar-refractivity contribution < 1.29 is 0 Å². The minimum absolute atomic E-state index is 0.0154. The second-order valence-electron chi connectivity index (χ2n) is 6.10. The van der Waals surface area contributed by atoms with E-state index in [1.165, 1.54) is 37.9 Å². The molecule has 1 aliphatic carbocycles. The van der Waals surface area contributed by atoms with Crippen LogP contribution in [0.3, 0.4) is 0 Å². The largest absolute Gasteiger partial charge is 0.308 e. The minimum Gasteiger partial charge on any atom is -0.308 e. The fourth-order valence-electron chi connectivity index (χ4n) is 3.24. The predicted molar refractivity (Wildman–Crippen MR) is 75.0 cm³/mol. The van der Waals surface area contributed by atoms with Crippen LogP contribution in [0, 0.1) is 0 Å². The van der Waals surface area contributed by atoms with E-state index in [9.17, 15) is 0 Å². The first-order valence-corrected chi connectivity index (χ1v) is 7.36. The number of piperidine rings is 1. The highest BCUT2D eigenvalue weighted by Gasteiger charge is 2.38. The second kappa shape index (κ2) is 4.04. The van der Waals surface area contributed by atoms with Crippen LogP contribution < -0.4 is 5.32 Å². The Morgan fingerprint density at radius 2 is 2.26 bits per heavy atom. The maximum atomic E-state index is 4.91. The van der Waals surface area contributed by atoms with Gasteiger partial charge in [0.25, 0.3) is 0 Å². The Hall–Kier alpha value is -1.42. The maximum absolute atomic E-state index is 4.91. The fraction of sp³-hybridized carbons (Fsp3) is 0.600. The Bertz CT molecular complexity index is 606. The van der Waals surface area contributed by atoms with Crippen molar-refractivity contribution in [3.63, 3.8) is 0 Å². The second-order valence-corrected chi connectivity index (χ2v) is 6.10. The summed E-state index contributed by atoms with van der Waals surface area (Å²) in [4.78, 5) is 9.47. The van der Waals surface area contributed by atoms with Crippen LogP contribution in [0.5, 0.6) is 0 Å². The zero-order valence-corrected chi connectivity index (χ0v) is 11.4. The van der Waals surface area contributed by atoms with Crippen molar-refractivity contribution in [2.75, 3.05) is 6.54 Å². The smallest absolute Gasteiger partial charge is 0.160 e. The van der Waals surface area contributed by atoms with E-state index in [2.05, 4.69) is 27.9 Å². The van der Waals surface area contributed by atoms with Gasteiger partial charge in [-0.25, -0.2) is 9.97 Å². The molecule has 4 heteroatoms. The molecule has 0 spiro atoms. The lowest BCUT2D eigenvalue weighted by molar-refractivity contribution is 0.261. The third kappa shape index (κ3) is 1.77. The van der Waals surface area contributed by atoms with Gasteiger partial charge in [0.15, 0.2) is 5.65 Å². The van der Waals surface area contributed by atoms with E-state index in [4.69, 9.17) is 4.98 Å². The molecule has 1 unspecified atom stereocenters. The van der Waals surface area contributed by atoms with Crippen LogP contribution in [0.2, 0.25) is 0 Å². The number of hydrogen-bond acceptors (Lipinski definition) is 3. The Morgan fingerprint density at radius 3 is 3.00 bits per heavy atom. The van der Waals surface area contributed by atoms with Gasteiger partial charge < -0.3 is 9.88 Å². The molecular weight excluding hydrogens is 236 g/mol. The van der Waals surface area contributed by atoms with Gasteiger partial charge in [-0.05, 0) is 57.7 Å². The minimum atomic E-state index is 0.0154. The van der Waals surface area contributed by atoms with Crippen LogP contribution in [-0.4, -0.2) is 21.1 Å². The molecule has 2 aromatic rings. The summed E-state index contributed by atoms with van der Waals surface area (Å²) < 4.78 is 2.40. The highest BCUT2D eigenvalue weighted by Crippen LogP contribution is 2.41. The number of nitrogens with zero attached hydrogens (tertiary/aromatic N) is 3. The maximum Gasteiger partial charge on any atom is 0.160 e. The summed E-state index contributed by atoms with van der Waals surface area (Å²) in [7, 11) is 0. The molecular formula is C15H20N4. The monoisotopic (exact) mass is 256 g/mol. The zero-order valence-electron chi connectivity index (χ0n) is 11.4. The van der Waals surface area contributed by atoms with Gasteiger partial charge in [-0.3, -0.25) is 0 Å². The molecule has 4 rings (SSSR count). The highest BCUT2D eigenvalue weighted by atomic mass is 15.2. The molecule has 1 saturated heterocycles. The molecule has 1 saturated carbocycles. The van der Waals surface area contributed by atoms with Gasteiger partial charge in [0.2, 0.25) is 0 Å². The summed E-state index contributed by atoms with van der Waals surface area (Å²) in [6.07, 6.45) is 8.14. The molecule has 2 aliphatic rings. The van der Waals surface area contributed by atoms with Crippen LogP contribution in [-0.2, 0) is 5.54 Å². The Balaban J connectivity index is 1.90. The third-order valence-electron chi connectivity index (χ3n) is 4.47. The quantitative estimate of drug-likeness (QED) is 0.898. The summed E-state index contributed by atoms with van der Waals surface area (Å²) in [6, 6.07) is 4.68. The van der Waals surface area contributed by atoms with Crippen LogP contribution in [0.1, 0.15) is 50.9 Å². The molecule has 1 N–H and O–H groups in total. The van der Waals surface area contributed by atoms with Crippen LogP contribution in [0.25, 0.3) is 11.2 Å². The lowest BCUT2D eigenvalue weighted by Gasteiger charge is -2.34. The third-order valence-corrected chi connectivity index (χ3v) is 4.47.